The van der Waals surface area contributed by atoms with Gasteiger partial charge < -0.3 is 24.6 Å². The number of carbonyl (C=O) groups is 2. The van der Waals surface area contributed by atoms with Crippen molar-refractivity contribution in [3.05, 3.63) is 48.5 Å². The number of carbonyl (C=O) groups excluding carboxylic acids is 2. The molecule has 1 heterocycles. The van der Waals surface area contributed by atoms with E-state index in [2.05, 4.69) is 10.2 Å². The molecule has 1 saturated heterocycles. The predicted octanol–water partition coefficient (Wildman–Crippen LogP) is 2.91. The summed E-state index contributed by atoms with van der Waals surface area (Å²) in [7, 11) is 1.56. The third-order valence-corrected chi connectivity index (χ3v) is 4.85. The summed E-state index contributed by atoms with van der Waals surface area (Å²) >= 11 is 0. The minimum absolute atomic E-state index is 0.101. The zero-order chi connectivity index (χ0) is 20.6. The lowest BCUT2D eigenvalue weighted by Crippen LogP contribution is -2.39. The number of para-hydroxylation sites is 4. The number of methoxy groups -OCH3 is 1. The summed E-state index contributed by atoms with van der Waals surface area (Å²) in [4.78, 5) is 28.7. The number of nitrogens with one attached hydrogen (secondary N) is 1. The van der Waals surface area contributed by atoms with Crippen LogP contribution in [0.5, 0.6) is 5.75 Å². The zero-order valence-corrected chi connectivity index (χ0v) is 16.9. The molecule has 1 aliphatic rings. The molecule has 0 atom stereocenters. The van der Waals surface area contributed by atoms with Crippen LogP contribution in [0.2, 0.25) is 0 Å². The van der Waals surface area contributed by atoms with Gasteiger partial charge in [-0.25, -0.2) is 0 Å². The van der Waals surface area contributed by atoms with Gasteiger partial charge in [-0.1, -0.05) is 24.3 Å². The molecule has 3 rings (SSSR count). The minimum Gasteiger partial charge on any atom is -0.495 e. The van der Waals surface area contributed by atoms with Crippen LogP contribution in [0.3, 0.4) is 0 Å². The highest BCUT2D eigenvalue weighted by Crippen LogP contribution is 2.30. The molecule has 0 saturated carbocycles. The quantitative estimate of drug-likeness (QED) is 0.778. The Kier molecular flexibility index (Phi) is 7.08. The first-order valence-corrected chi connectivity index (χ1v) is 9.73. The fourth-order valence-corrected chi connectivity index (χ4v) is 3.39. The summed E-state index contributed by atoms with van der Waals surface area (Å²) in [5, 5.41) is 2.86. The molecule has 29 heavy (non-hydrogen) atoms. The average Bonchev–Trinajstić information content (AvgIpc) is 2.75. The van der Waals surface area contributed by atoms with Gasteiger partial charge in [0.15, 0.2) is 0 Å². The number of nitrogens with zero attached hydrogens (tertiary/aromatic N) is 2. The molecule has 1 aliphatic heterocycles. The minimum atomic E-state index is -0.176. The van der Waals surface area contributed by atoms with Crippen molar-refractivity contribution in [2.75, 3.05) is 55.1 Å². The highest BCUT2D eigenvalue weighted by Gasteiger charge is 2.21. The number of anilines is 3. The van der Waals surface area contributed by atoms with Crippen LogP contribution in [0, 0.1) is 0 Å². The van der Waals surface area contributed by atoms with E-state index in [1.807, 2.05) is 36.4 Å². The Morgan fingerprint density at radius 2 is 1.79 bits per heavy atom. The molecular formula is C22H27N3O4. The van der Waals surface area contributed by atoms with Crippen LogP contribution in [0.25, 0.3) is 0 Å². The average molecular weight is 397 g/mol. The lowest BCUT2D eigenvalue weighted by molar-refractivity contribution is -0.117. The third-order valence-electron chi connectivity index (χ3n) is 4.85. The molecule has 0 bridgehead atoms. The van der Waals surface area contributed by atoms with E-state index in [1.165, 1.54) is 6.92 Å². The molecule has 1 N–H and O–H groups in total. The maximum atomic E-state index is 12.5. The number of amides is 2. The summed E-state index contributed by atoms with van der Waals surface area (Å²) < 4.78 is 10.7. The number of rotatable bonds is 7. The van der Waals surface area contributed by atoms with Crippen LogP contribution < -0.4 is 19.9 Å². The van der Waals surface area contributed by atoms with E-state index in [4.69, 9.17) is 9.47 Å². The van der Waals surface area contributed by atoms with E-state index in [1.54, 1.807) is 24.1 Å². The first kappa shape index (κ1) is 20.7. The van der Waals surface area contributed by atoms with Gasteiger partial charge in [0.2, 0.25) is 11.8 Å². The largest absolute Gasteiger partial charge is 0.495 e. The van der Waals surface area contributed by atoms with Gasteiger partial charge in [-0.05, 0) is 24.3 Å². The van der Waals surface area contributed by atoms with E-state index in [0.717, 1.165) is 24.5 Å². The van der Waals surface area contributed by atoms with Crippen molar-refractivity contribution >= 4 is 28.9 Å². The monoisotopic (exact) mass is 397 g/mol. The predicted molar refractivity (Wildman–Crippen MR) is 114 cm³/mol. The Labute approximate surface area is 171 Å². The van der Waals surface area contributed by atoms with Gasteiger partial charge in [0.05, 0.1) is 37.4 Å². The second-order valence-electron chi connectivity index (χ2n) is 6.76. The Morgan fingerprint density at radius 3 is 2.52 bits per heavy atom. The van der Waals surface area contributed by atoms with Gasteiger partial charge in [0.25, 0.3) is 0 Å². The molecule has 154 valence electrons. The normalized spacial score (nSPS) is 13.7. The summed E-state index contributed by atoms with van der Waals surface area (Å²) in [5.41, 5.74) is 2.41. The zero-order valence-electron chi connectivity index (χ0n) is 16.9. The van der Waals surface area contributed by atoms with Crippen LogP contribution in [-0.2, 0) is 14.3 Å². The van der Waals surface area contributed by atoms with E-state index in [-0.39, 0.29) is 24.8 Å². The van der Waals surface area contributed by atoms with Crippen LogP contribution in [0.15, 0.2) is 48.5 Å². The SMILES string of the molecule is COc1ccccc1NC(=O)CCN(C(C)=O)c1ccccc1N1CCOCC1. The fourth-order valence-electron chi connectivity index (χ4n) is 3.39. The molecule has 0 radical (unpaired) electrons. The van der Waals surface area contributed by atoms with E-state index >= 15 is 0 Å². The number of hydrogen-bond donors (Lipinski definition) is 1. The maximum Gasteiger partial charge on any atom is 0.226 e. The molecule has 1 fully saturated rings. The molecule has 0 aliphatic carbocycles. The lowest BCUT2D eigenvalue weighted by atomic mass is 10.2. The summed E-state index contributed by atoms with van der Waals surface area (Å²) in [6, 6.07) is 15.0. The van der Waals surface area contributed by atoms with Crippen LogP contribution in [0.1, 0.15) is 13.3 Å². The van der Waals surface area contributed by atoms with Crippen molar-refractivity contribution in [1.82, 2.24) is 0 Å². The number of hydrogen-bond acceptors (Lipinski definition) is 5. The lowest BCUT2D eigenvalue weighted by Gasteiger charge is -2.33. The van der Waals surface area contributed by atoms with Crippen molar-refractivity contribution in [1.29, 1.82) is 0 Å². The van der Waals surface area contributed by atoms with Gasteiger partial charge in [-0.15, -0.1) is 0 Å². The molecule has 0 unspecified atom stereocenters. The third kappa shape index (κ3) is 5.26. The van der Waals surface area contributed by atoms with Gasteiger partial charge in [-0.2, -0.15) is 0 Å². The Bertz CT molecular complexity index is 849. The van der Waals surface area contributed by atoms with Crippen molar-refractivity contribution < 1.29 is 19.1 Å². The second kappa shape index (κ2) is 9.93. The maximum absolute atomic E-state index is 12.5. The summed E-state index contributed by atoms with van der Waals surface area (Å²) in [6.45, 7) is 4.69. The summed E-state index contributed by atoms with van der Waals surface area (Å²) in [6.07, 6.45) is 0.176. The fraction of sp³-hybridized carbons (Fsp3) is 0.364. The van der Waals surface area contributed by atoms with Gasteiger partial charge in [0.1, 0.15) is 5.75 Å². The highest BCUT2D eigenvalue weighted by atomic mass is 16.5. The topological polar surface area (TPSA) is 71.1 Å². The highest BCUT2D eigenvalue weighted by molar-refractivity contribution is 5.97. The number of morpholine rings is 1. The van der Waals surface area contributed by atoms with Crippen LogP contribution in [-0.4, -0.2) is 51.8 Å². The van der Waals surface area contributed by atoms with Crippen molar-refractivity contribution in [2.24, 2.45) is 0 Å². The van der Waals surface area contributed by atoms with E-state index in [9.17, 15) is 9.59 Å². The molecule has 7 nitrogen and oxygen atoms in total. The number of ether oxygens (including phenoxy) is 2. The first-order chi connectivity index (χ1) is 14.1. The molecule has 0 aromatic heterocycles. The molecular weight excluding hydrogens is 370 g/mol. The first-order valence-electron chi connectivity index (χ1n) is 9.73. The van der Waals surface area contributed by atoms with Gasteiger partial charge >= 0.3 is 0 Å². The molecule has 7 heteroatoms. The second-order valence-corrected chi connectivity index (χ2v) is 6.76. The van der Waals surface area contributed by atoms with Crippen LogP contribution in [0.4, 0.5) is 17.1 Å². The summed E-state index contributed by atoms with van der Waals surface area (Å²) in [5.74, 6) is 0.322. The standard InChI is InChI=1S/C22H27N3O4/c1-17(26)25(12-11-22(27)23-18-7-3-6-10-21(18)28-2)20-9-5-4-8-19(20)24-13-15-29-16-14-24/h3-10H,11-16H2,1-2H3,(H,23,27). The number of benzene rings is 2. The Hall–Kier alpha value is -3.06. The van der Waals surface area contributed by atoms with E-state index < -0.39 is 0 Å². The van der Waals surface area contributed by atoms with Gasteiger partial charge in [0, 0.05) is 33.0 Å². The van der Waals surface area contributed by atoms with Crippen molar-refractivity contribution in [3.63, 3.8) is 0 Å². The van der Waals surface area contributed by atoms with Gasteiger partial charge in [-0.3, -0.25) is 9.59 Å². The molecule has 0 spiro atoms. The van der Waals surface area contributed by atoms with Crippen LogP contribution >= 0.6 is 0 Å². The Morgan fingerprint density at radius 1 is 1.10 bits per heavy atom. The van der Waals surface area contributed by atoms with E-state index in [0.29, 0.717) is 24.7 Å². The molecule has 2 aromatic carbocycles. The smallest absolute Gasteiger partial charge is 0.226 e. The van der Waals surface area contributed by atoms with Crippen molar-refractivity contribution in [3.8, 4) is 5.75 Å². The Balaban J connectivity index is 1.71. The van der Waals surface area contributed by atoms with Crippen molar-refractivity contribution in [2.45, 2.75) is 13.3 Å². The molecule has 2 amide bonds. The molecule has 2 aromatic rings.